The predicted octanol–water partition coefficient (Wildman–Crippen LogP) is 2.38. The number of nitriles is 1. The van der Waals surface area contributed by atoms with E-state index in [4.69, 9.17) is 5.26 Å². The Bertz CT molecular complexity index is 436. The van der Waals surface area contributed by atoms with E-state index in [2.05, 4.69) is 29.3 Å². The molecule has 0 bridgehead atoms. The molecule has 0 saturated carbocycles. The minimum absolute atomic E-state index is 0.753. The molecule has 1 aromatic carbocycles. The molecule has 1 fully saturated rings. The molecule has 1 atom stereocenters. The van der Waals surface area contributed by atoms with Gasteiger partial charge in [0.25, 0.3) is 0 Å². The Morgan fingerprint density at radius 1 is 1.42 bits per heavy atom. The number of piperidine rings is 1. The number of benzene rings is 1. The summed E-state index contributed by atoms with van der Waals surface area (Å²) < 4.78 is 0. The van der Waals surface area contributed by atoms with Crippen LogP contribution in [-0.4, -0.2) is 31.1 Å². The Kier molecular flexibility index (Phi) is 5.38. The molecule has 1 aliphatic rings. The van der Waals surface area contributed by atoms with Gasteiger partial charge in [-0.05, 0) is 50.0 Å². The molecule has 1 heterocycles. The van der Waals surface area contributed by atoms with Gasteiger partial charge < -0.3 is 5.32 Å². The third-order valence-corrected chi connectivity index (χ3v) is 3.82. The zero-order valence-corrected chi connectivity index (χ0v) is 11.7. The van der Waals surface area contributed by atoms with Gasteiger partial charge >= 0.3 is 0 Å². The fourth-order valence-electron chi connectivity index (χ4n) is 2.82. The van der Waals surface area contributed by atoms with E-state index in [1.165, 1.54) is 12.8 Å². The molecule has 19 heavy (non-hydrogen) atoms. The molecular weight excluding hydrogens is 234 g/mol. The maximum Gasteiger partial charge on any atom is 0.0995 e. The van der Waals surface area contributed by atoms with Crippen molar-refractivity contribution in [1.82, 2.24) is 10.2 Å². The maximum atomic E-state index is 9.14. The Hall–Kier alpha value is -1.37. The van der Waals surface area contributed by atoms with E-state index >= 15 is 0 Å². The lowest BCUT2D eigenvalue weighted by molar-refractivity contribution is 0.165. The second-order valence-corrected chi connectivity index (χ2v) is 5.32. The Morgan fingerprint density at radius 2 is 2.26 bits per heavy atom. The van der Waals surface area contributed by atoms with Crippen molar-refractivity contribution < 1.29 is 0 Å². The van der Waals surface area contributed by atoms with Crippen LogP contribution in [-0.2, 0) is 6.54 Å². The van der Waals surface area contributed by atoms with E-state index in [-0.39, 0.29) is 0 Å². The fourth-order valence-corrected chi connectivity index (χ4v) is 2.82. The summed E-state index contributed by atoms with van der Waals surface area (Å²) in [6, 6.07) is 10.2. The lowest BCUT2D eigenvalue weighted by Crippen LogP contribution is -2.39. The van der Waals surface area contributed by atoms with Crippen molar-refractivity contribution >= 4 is 0 Å². The number of nitrogens with one attached hydrogen (secondary N) is 1. The van der Waals surface area contributed by atoms with Crippen LogP contribution in [0.3, 0.4) is 0 Å². The summed E-state index contributed by atoms with van der Waals surface area (Å²) in [5.74, 6) is 0.753. The first-order valence-corrected chi connectivity index (χ1v) is 7.24. The highest BCUT2D eigenvalue weighted by atomic mass is 15.1. The zero-order chi connectivity index (χ0) is 13.5. The van der Waals surface area contributed by atoms with E-state index in [9.17, 15) is 0 Å². The van der Waals surface area contributed by atoms with Crippen LogP contribution in [0.5, 0.6) is 0 Å². The van der Waals surface area contributed by atoms with E-state index in [0.29, 0.717) is 0 Å². The highest BCUT2D eigenvalue weighted by Crippen LogP contribution is 2.19. The smallest absolute Gasteiger partial charge is 0.0995 e. The van der Waals surface area contributed by atoms with Gasteiger partial charge in [0.1, 0.15) is 0 Å². The fraction of sp³-hybridized carbons (Fsp3) is 0.562. The Balaban J connectivity index is 1.93. The van der Waals surface area contributed by atoms with Gasteiger partial charge in [0, 0.05) is 13.1 Å². The van der Waals surface area contributed by atoms with Gasteiger partial charge in [0.05, 0.1) is 11.6 Å². The lowest BCUT2D eigenvalue weighted by atomic mass is 9.97. The molecule has 1 saturated heterocycles. The second kappa shape index (κ2) is 7.28. The molecular formula is C16H23N3. The van der Waals surface area contributed by atoms with E-state index in [0.717, 1.165) is 49.8 Å². The standard InChI is InChI=1S/C16H23N3/c1-2-18-11-14-6-5-9-19(12-14)13-16-8-4-3-7-15(16)10-17/h3-4,7-8,14,18H,2,5-6,9,11-13H2,1H3. The number of likely N-dealkylation sites (tertiary alicyclic amines) is 1. The number of rotatable bonds is 5. The van der Waals surface area contributed by atoms with Crippen molar-refractivity contribution in [2.75, 3.05) is 26.2 Å². The second-order valence-electron chi connectivity index (χ2n) is 5.32. The van der Waals surface area contributed by atoms with Crippen molar-refractivity contribution in [2.24, 2.45) is 5.92 Å². The average Bonchev–Trinajstić information content (AvgIpc) is 2.46. The van der Waals surface area contributed by atoms with Gasteiger partial charge in [0.2, 0.25) is 0 Å². The predicted molar refractivity (Wildman–Crippen MR) is 77.7 cm³/mol. The monoisotopic (exact) mass is 257 g/mol. The molecule has 0 spiro atoms. The number of nitrogens with zero attached hydrogens (tertiary/aromatic N) is 2. The van der Waals surface area contributed by atoms with Crippen molar-refractivity contribution in [3.05, 3.63) is 35.4 Å². The summed E-state index contributed by atoms with van der Waals surface area (Å²) in [4.78, 5) is 2.49. The third kappa shape index (κ3) is 4.05. The third-order valence-electron chi connectivity index (χ3n) is 3.82. The van der Waals surface area contributed by atoms with Crippen LogP contribution in [0, 0.1) is 17.2 Å². The van der Waals surface area contributed by atoms with Crippen LogP contribution in [0.15, 0.2) is 24.3 Å². The van der Waals surface area contributed by atoms with Crippen LogP contribution in [0.25, 0.3) is 0 Å². The van der Waals surface area contributed by atoms with Crippen LogP contribution in [0.4, 0.5) is 0 Å². The molecule has 0 radical (unpaired) electrons. The Morgan fingerprint density at radius 3 is 3.05 bits per heavy atom. The summed E-state index contributed by atoms with van der Waals surface area (Å²) in [5, 5.41) is 12.6. The normalized spacial score (nSPS) is 20.1. The molecule has 2 rings (SSSR count). The quantitative estimate of drug-likeness (QED) is 0.880. The molecule has 0 aromatic heterocycles. The van der Waals surface area contributed by atoms with Crippen molar-refractivity contribution in [3.63, 3.8) is 0 Å². The summed E-state index contributed by atoms with van der Waals surface area (Å²) >= 11 is 0. The first kappa shape index (κ1) is 14.0. The zero-order valence-electron chi connectivity index (χ0n) is 11.7. The molecule has 0 aliphatic carbocycles. The molecule has 3 heteroatoms. The first-order chi connectivity index (χ1) is 9.33. The lowest BCUT2D eigenvalue weighted by Gasteiger charge is -2.33. The summed E-state index contributed by atoms with van der Waals surface area (Å²) in [7, 11) is 0. The average molecular weight is 257 g/mol. The SMILES string of the molecule is CCNCC1CCCN(Cc2ccccc2C#N)C1. The minimum Gasteiger partial charge on any atom is -0.317 e. The van der Waals surface area contributed by atoms with E-state index in [1.54, 1.807) is 0 Å². The topological polar surface area (TPSA) is 39.1 Å². The van der Waals surface area contributed by atoms with Crippen LogP contribution in [0.1, 0.15) is 30.9 Å². The molecule has 102 valence electrons. The van der Waals surface area contributed by atoms with Gasteiger partial charge in [-0.15, -0.1) is 0 Å². The van der Waals surface area contributed by atoms with Crippen molar-refractivity contribution in [1.29, 1.82) is 5.26 Å². The highest BCUT2D eigenvalue weighted by Gasteiger charge is 2.20. The molecule has 0 amide bonds. The number of hydrogen-bond donors (Lipinski definition) is 1. The maximum absolute atomic E-state index is 9.14. The van der Waals surface area contributed by atoms with E-state index in [1.807, 2.05) is 18.2 Å². The molecule has 1 unspecified atom stereocenters. The van der Waals surface area contributed by atoms with Crippen LogP contribution in [0.2, 0.25) is 0 Å². The van der Waals surface area contributed by atoms with Gasteiger partial charge in [0.15, 0.2) is 0 Å². The molecule has 1 N–H and O–H groups in total. The number of hydrogen-bond acceptors (Lipinski definition) is 3. The van der Waals surface area contributed by atoms with Gasteiger partial charge in [-0.3, -0.25) is 4.90 Å². The summed E-state index contributed by atoms with van der Waals surface area (Å²) in [5.41, 5.74) is 1.98. The van der Waals surface area contributed by atoms with Gasteiger partial charge in [-0.25, -0.2) is 0 Å². The largest absolute Gasteiger partial charge is 0.317 e. The van der Waals surface area contributed by atoms with Crippen LogP contribution >= 0.6 is 0 Å². The highest BCUT2D eigenvalue weighted by molar-refractivity contribution is 5.37. The molecule has 1 aromatic rings. The van der Waals surface area contributed by atoms with Gasteiger partial charge in [-0.2, -0.15) is 5.26 Å². The minimum atomic E-state index is 0.753. The summed E-state index contributed by atoms with van der Waals surface area (Å²) in [6.45, 7) is 7.53. The Labute approximate surface area is 116 Å². The first-order valence-electron chi connectivity index (χ1n) is 7.24. The molecule has 1 aliphatic heterocycles. The van der Waals surface area contributed by atoms with Crippen molar-refractivity contribution in [3.8, 4) is 6.07 Å². The van der Waals surface area contributed by atoms with Crippen LogP contribution < -0.4 is 5.32 Å². The summed E-state index contributed by atoms with van der Waals surface area (Å²) in [6.07, 6.45) is 2.59. The van der Waals surface area contributed by atoms with Crippen molar-refractivity contribution in [2.45, 2.75) is 26.3 Å². The molecule has 3 nitrogen and oxygen atoms in total. The van der Waals surface area contributed by atoms with E-state index < -0.39 is 0 Å². The van der Waals surface area contributed by atoms with Gasteiger partial charge in [-0.1, -0.05) is 25.1 Å².